The van der Waals surface area contributed by atoms with Crippen molar-refractivity contribution in [2.24, 2.45) is 5.92 Å². The van der Waals surface area contributed by atoms with E-state index in [9.17, 15) is 0 Å². The molecule has 0 saturated heterocycles. The van der Waals surface area contributed by atoms with Gasteiger partial charge in [-0.25, -0.2) is 0 Å². The minimum absolute atomic E-state index is 0.513. The Hall–Kier alpha value is -1.02. The Morgan fingerprint density at radius 1 is 1.39 bits per heavy atom. The number of hydrogen-bond acceptors (Lipinski definition) is 2. The van der Waals surface area contributed by atoms with E-state index in [1.54, 1.807) is 0 Å². The molecular formula is C16H25NO. The molecule has 100 valence electrons. The van der Waals surface area contributed by atoms with Crippen LogP contribution < -0.4 is 10.1 Å². The second-order valence-electron chi connectivity index (χ2n) is 5.59. The fourth-order valence-electron chi connectivity index (χ4n) is 2.73. The van der Waals surface area contributed by atoms with Gasteiger partial charge < -0.3 is 10.1 Å². The van der Waals surface area contributed by atoms with Crippen molar-refractivity contribution in [3.05, 3.63) is 29.3 Å². The van der Waals surface area contributed by atoms with Crippen molar-refractivity contribution < 1.29 is 4.74 Å². The van der Waals surface area contributed by atoms with Crippen LogP contribution in [0.3, 0.4) is 0 Å². The molecule has 0 aliphatic heterocycles. The van der Waals surface area contributed by atoms with Crippen molar-refractivity contribution in [2.45, 2.75) is 45.6 Å². The summed E-state index contributed by atoms with van der Waals surface area (Å²) in [4.78, 5) is 0. The zero-order chi connectivity index (χ0) is 13.0. The Morgan fingerprint density at radius 3 is 2.94 bits per heavy atom. The molecule has 2 nitrogen and oxygen atoms in total. The highest BCUT2D eigenvalue weighted by molar-refractivity contribution is 5.45. The van der Waals surface area contributed by atoms with Crippen LogP contribution in [0.15, 0.2) is 18.2 Å². The molecule has 1 aliphatic carbocycles. The summed E-state index contributed by atoms with van der Waals surface area (Å²) >= 11 is 0. The molecule has 1 atom stereocenters. The van der Waals surface area contributed by atoms with Gasteiger partial charge in [0.1, 0.15) is 5.75 Å². The minimum Gasteiger partial charge on any atom is -0.493 e. The van der Waals surface area contributed by atoms with Gasteiger partial charge in [-0.1, -0.05) is 26.0 Å². The smallest absolute Gasteiger partial charge is 0.122 e. The molecule has 0 spiro atoms. The largest absolute Gasteiger partial charge is 0.493 e. The van der Waals surface area contributed by atoms with Gasteiger partial charge in [-0.3, -0.25) is 0 Å². The quantitative estimate of drug-likeness (QED) is 0.774. The van der Waals surface area contributed by atoms with Gasteiger partial charge in [0.15, 0.2) is 0 Å². The molecule has 1 N–H and O–H groups in total. The van der Waals surface area contributed by atoms with Crippen LogP contribution in [0.1, 0.15) is 50.3 Å². The lowest BCUT2D eigenvalue weighted by molar-refractivity contribution is 0.295. The Bertz CT molecular complexity index is 387. The monoisotopic (exact) mass is 247 g/mol. The highest BCUT2D eigenvalue weighted by atomic mass is 16.5. The van der Waals surface area contributed by atoms with Crippen LogP contribution in [0.25, 0.3) is 0 Å². The third-order valence-electron chi connectivity index (χ3n) is 3.76. The first-order valence-corrected chi connectivity index (χ1v) is 7.14. The molecule has 1 aromatic carbocycles. The van der Waals surface area contributed by atoms with Gasteiger partial charge in [0.05, 0.1) is 6.61 Å². The van der Waals surface area contributed by atoms with Crippen LogP contribution in [0.4, 0.5) is 0 Å². The molecule has 0 heterocycles. The van der Waals surface area contributed by atoms with E-state index >= 15 is 0 Å². The van der Waals surface area contributed by atoms with Crippen LogP contribution in [0.5, 0.6) is 5.75 Å². The van der Waals surface area contributed by atoms with Gasteiger partial charge >= 0.3 is 0 Å². The molecule has 1 aliphatic rings. The standard InChI is InChI=1S/C16H25NO/c1-12(2)6-5-11-18-16-8-4-7-13-14(16)9-10-15(13)17-3/h4,7-8,12,15,17H,5-6,9-11H2,1-3H3. The van der Waals surface area contributed by atoms with Crippen LogP contribution in [0.2, 0.25) is 0 Å². The second-order valence-corrected chi connectivity index (χ2v) is 5.59. The van der Waals surface area contributed by atoms with E-state index in [1.165, 1.54) is 24.0 Å². The lowest BCUT2D eigenvalue weighted by atomic mass is 10.1. The maximum absolute atomic E-state index is 5.96. The fraction of sp³-hybridized carbons (Fsp3) is 0.625. The molecule has 0 radical (unpaired) electrons. The SMILES string of the molecule is CNC1CCc2c(OCCCC(C)C)cccc21. The maximum atomic E-state index is 5.96. The first-order chi connectivity index (χ1) is 8.72. The first-order valence-electron chi connectivity index (χ1n) is 7.14. The van der Waals surface area contributed by atoms with Crippen LogP contribution in [0, 0.1) is 5.92 Å². The molecule has 2 heteroatoms. The van der Waals surface area contributed by atoms with Crippen molar-refractivity contribution >= 4 is 0 Å². The molecule has 0 amide bonds. The minimum atomic E-state index is 0.513. The van der Waals surface area contributed by atoms with Crippen molar-refractivity contribution in [1.82, 2.24) is 5.32 Å². The summed E-state index contributed by atoms with van der Waals surface area (Å²) in [5.41, 5.74) is 2.85. The van der Waals surface area contributed by atoms with Gasteiger partial charge in [0.2, 0.25) is 0 Å². The molecule has 0 fully saturated rings. The van der Waals surface area contributed by atoms with Crippen molar-refractivity contribution in [3.63, 3.8) is 0 Å². The van der Waals surface area contributed by atoms with Crippen molar-refractivity contribution in [3.8, 4) is 5.75 Å². The van der Waals surface area contributed by atoms with Crippen LogP contribution in [-0.2, 0) is 6.42 Å². The lowest BCUT2D eigenvalue weighted by Crippen LogP contribution is -2.12. The van der Waals surface area contributed by atoms with Gasteiger partial charge in [-0.2, -0.15) is 0 Å². The number of hydrogen-bond donors (Lipinski definition) is 1. The van der Waals surface area contributed by atoms with Gasteiger partial charge in [-0.05, 0) is 55.8 Å². The molecular weight excluding hydrogens is 222 g/mol. The topological polar surface area (TPSA) is 21.3 Å². The molecule has 0 aromatic heterocycles. The van der Waals surface area contributed by atoms with E-state index in [1.807, 2.05) is 7.05 Å². The summed E-state index contributed by atoms with van der Waals surface area (Å²) in [5, 5.41) is 3.37. The van der Waals surface area contributed by atoms with E-state index in [4.69, 9.17) is 4.74 Å². The summed E-state index contributed by atoms with van der Waals surface area (Å²) in [6.07, 6.45) is 4.73. The predicted molar refractivity (Wildman–Crippen MR) is 76.1 cm³/mol. The Morgan fingerprint density at radius 2 is 2.22 bits per heavy atom. The number of ether oxygens (including phenoxy) is 1. The number of rotatable bonds is 6. The predicted octanol–water partition coefficient (Wildman–Crippen LogP) is 3.71. The molecule has 1 aromatic rings. The third kappa shape index (κ3) is 3.05. The summed E-state index contributed by atoms with van der Waals surface area (Å²) in [7, 11) is 2.04. The summed E-state index contributed by atoms with van der Waals surface area (Å²) < 4.78 is 5.96. The van der Waals surface area contributed by atoms with E-state index in [0.717, 1.165) is 31.1 Å². The Balaban J connectivity index is 1.96. The number of benzene rings is 1. The van der Waals surface area contributed by atoms with Crippen molar-refractivity contribution in [2.75, 3.05) is 13.7 Å². The van der Waals surface area contributed by atoms with Gasteiger partial charge in [0.25, 0.3) is 0 Å². The zero-order valence-corrected chi connectivity index (χ0v) is 11.8. The van der Waals surface area contributed by atoms with E-state index < -0.39 is 0 Å². The van der Waals surface area contributed by atoms with E-state index in [2.05, 4.69) is 37.4 Å². The van der Waals surface area contributed by atoms with Gasteiger partial charge in [-0.15, -0.1) is 0 Å². The summed E-state index contributed by atoms with van der Waals surface area (Å²) in [6.45, 7) is 5.37. The number of fused-ring (bicyclic) bond motifs is 1. The Labute approximate surface area is 111 Å². The molecule has 2 rings (SSSR count). The molecule has 1 unspecified atom stereocenters. The highest BCUT2D eigenvalue weighted by Crippen LogP contribution is 2.36. The van der Waals surface area contributed by atoms with E-state index in [0.29, 0.717) is 6.04 Å². The third-order valence-corrected chi connectivity index (χ3v) is 3.76. The van der Waals surface area contributed by atoms with E-state index in [-0.39, 0.29) is 0 Å². The first kappa shape index (κ1) is 13.4. The van der Waals surface area contributed by atoms with Crippen LogP contribution in [-0.4, -0.2) is 13.7 Å². The zero-order valence-electron chi connectivity index (χ0n) is 11.8. The average Bonchev–Trinajstić information content (AvgIpc) is 2.78. The highest BCUT2D eigenvalue weighted by Gasteiger charge is 2.23. The lowest BCUT2D eigenvalue weighted by Gasteiger charge is -2.13. The Kier molecular flexibility index (Phi) is 4.65. The van der Waals surface area contributed by atoms with Crippen molar-refractivity contribution in [1.29, 1.82) is 0 Å². The molecule has 0 bridgehead atoms. The molecule has 0 saturated carbocycles. The fourth-order valence-corrected chi connectivity index (χ4v) is 2.73. The van der Waals surface area contributed by atoms with Crippen LogP contribution >= 0.6 is 0 Å². The normalized spacial score (nSPS) is 18.1. The summed E-state index contributed by atoms with van der Waals surface area (Å²) in [5.74, 6) is 1.87. The maximum Gasteiger partial charge on any atom is 0.122 e. The average molecular weight is 247 g/mol. The molecule has 18 heavy (non-hydrogen) atoms. The number of nitrogens with one attached hydrogen (secondary N) is 1. The van der Waals surface area contributed by atoms with Gasteiger partial charge in [0, 0.05) is 6.04 Å². The summed E-state index contributed by atoms with van der Waals surface area (Å²) in [6, 6.07) is 6.97. The second kappa shape index (κ2) is 6.24.